The normalized spacial score (nSPS) is 15.9. The molecule has 0 aliphatic carbocycles. The minimum Gasteiger partial charge on any atom is -0.367 e. The third kappa shape index (κ3) is 5.87. The van der Waals surface area contributed by atoms with Crippen molar-refractivity contribution in [3.63, 3.8) is 0 Å². The molecule has 0 aromatic carbocycles. The Labute approximate surface area is 48.2 Å². The number of hydrogen-bond acceptors (Lipinski definition) is 4. The molecule has 4 nitrogen and oxygen atoms in total. The van der Waals surface area contributed by atoms with Gasteiger partial charge in [-0.3, -0.25) is 0 Å². The summed E-state index contributed by atoms with van der Waals surface area (Å²) in [7, 11) is -3.54. The highest BCUT2D eigenvalue weighted by Gasteiger charge is 2.04. The molecule has 0 heterocycles. The van der Waals surface area contributed by atoms with Crippen molar-refractivity contribution in [1.82, 2.24) is 0 Å². The minimum atomic E-state index is -3.54. The molecule has 1 radical (unpaired) electrons. The van der Waals surface area contributed by atoms with Gasteiger partial charge < -0.3 is 5.11 Å². The highest BCUT2D eigenvalue weighted by atomic mass is 32.2. The zero-order valence-electron chi connectivity index (χ0n) is 4.36. The molecule has 8 heavy (non-hydrogen) atoms. The fraction of sp³-hybridized carbons (Fsp3) is 0.667. The van der Waals surface area contributed by atoms with Gasteiger partial charge in [-0.25, -0.2) is 4.18 Å². The van der Waals surface area contributed by atoms with E-state index < -0.39 is 16.4 Å². The summed E-state index contributed by atoms with van der Waals surface area (Å²) < 4.78 is 23.9. The number of aliphatic hydroxyl groups is 1. The number of hydrogen-bond donors (Lipinski definition) is 1. The second kappa shape index (κ2) is 2.43. The lowest BCUT2D eigenvalue weighted by Crippen LogP contribution is -2.12. The first-order chi connectivity index (χ1) is 3.42. The second-order valence-electron chi connectivity index (χ2n) is 1.25. The molecule has 0 aromatic heterocycles. The SMILES string of the molecule is [CH2]C(O)OS(C)(=O)=O. The Morgan fingerprint density at radius 3 is 2.12 bits per heavy atom. The molecule has 0 fully saturated rings. The molecular weight excluding hydrogens is 132 g/mol. The fourth-order valence-corrected chi connectivity index (χ4v) is 0.605. The molecular formula is C3H7O4S. The quantitative estimate of drug-likeness (QED) is 0.398. The Morgan fingerprint density at radius 2 is 2.12 bits per heavy atom. The molecule has 1 N–H and O–H groups in total. The minimum absolute atomic E-state index is 0.835. The van der Waals surface area contributed by atoms with E-state index in [1.165, 1.54) is 0 Å². The van der Waals surface area contributed by atoms with Crippen LogP contribution in [0.5, 0.6) is 0 Å². The lowest BCUT2D eigenvalue weighted by Gasteiger charge is -2.00. The van der Waals surface area contributed by atoms with Crippen molar-refractivity contribution >= 4 is 10.1 Å². The molecule has 0 aromatic rings. The average molecular weight is 139 g/mol. The molecule has 0 saturated carbocycles. The predicted molar refractivity (Wildman–Crippen MR) is 27.3 cm³/mol. The zero-order valence-corrected chi connectivity index (χ0v) is 5.18. The van der Waals surface area contributed by atoms with E-state index in [4.69, 9.17) is 5.11 Å². The highest BCUT2D eigenvalue weighted by molar-refractivity contribution is 7.86. The van der Waals surface area contributed by atoms with Gasteiger partial charge in [0.25, 0.3) is 10.1 Å². The monoisotopic (exact) mass is 139 g/mol. The van der Waals surface area contributed by atoms with Crippen molar-refractivity contribution in [2.45, 2.75) is 6.29 Å². The number of aliphatic hydroxyl groups excluding tert-OH is 1. The van der Waals surface area contributed by atoms with Crippen molar-refractivity contribution in [2.24, 2.45) is 0 Å². The van der Waals surface area contributed by atoms with Crippen LogP contribution in [0.25, 0.3) is 0 Å². The van der Waals surface area contributed by atoms with Crippen molar-refractivity contribution < 1.29 is 17.7 Å². The Kier molecular flexibility index (Phi) is 2.39. The van der Waals surface area contributed by atoms with Gasteiger partial charge in [0.2, 0.25) is 0 Å². The van der Waals surface area contributed by atoms with E-state index in [1.54, 1.807) is 0 Å². The molecule has 0 amide bonds. The lowest BCUT2D eigenvalue weighted by atomic mass is 10.8. The summed E-state index contributed by atoms with van der Waals surface area (Å²) in [5, 5.41) is 8.18. The highest BCUT2D eigenvalue weighted by Crippen LogP contribution is 1.89. The molecule has 1 atom stereocenters. The van der Waals surface area contributed by atoms with Gasteiger partial charge in [-0.15, -0.1) is 0 Å². The summed E-state index contributed by atoms with van der Waals surface area (Å²) in [6.07, 6.45) is -0.661. The van der Waals surface area contributed by atoms with E-state index in [0.29, 0.717) is 0 Å². The molecule has 0 rings (SSSR count). The van der Waals surface area contributed by atoms with Crippen LogP contribution in [0.4, 0.5) is 0 Å². The zero-order chi connectivity index (χ0) is 6.78. The van der Waals surface area contributed by atoms with Gasteiger partial charge in [0.15, 0.2) is 6.29 Å². The van der Waals surface area contributed by atoms with E-state index in [2.05, 4.69) is 11.1 Å². The summed E-state index contributed by atoms with van der Waals surface area (Å²) in [6, 6.07) is 0. The Morgan fingerprint density at radius 1 is 1.75 bits per heavy atom. The van der Waals surface area contributed by atoms with Crippen LogP contribution in [0.3, 0.4) is 0 Å². The van der Waals surface area contributed by atoms with E-state index in [-0.39, 0.29) is 0 Å². The summed E-state index contributed by atoms with van der Waals surface area (Å²) >= 11 is 0. The standard InChI is InChI=1S/C3H7O4S/c1-3(4)7-8(2,5)6/h3-4H,1H2,2H3. The van der Waals surface area contributed by atoms with Crippen molar-refractivity contribution in [2.75, 3.05) is 6.26 Å². The molecule has 5 heteroatoms. The van der Waals surface area contributed by atoms with E-state index in [9.17, 15) is 8.42 Å². The van der Waals surface area contributed by atoms with E-state index in [0.717, 1.165) is 6.26 Å². The van der Waals surface area contributed by atoms with Crippen molar-refractivity contribution in [3.05, 3.63) is 6.92 Å². The Hall–Kier alpha value is -0.130. The van der Waals surface area contributed by atoms with Crippen LogP contribution in [-0.4, -0.2) is 26.1 Å². The van der Waals surface area contributed by atoms with Crippen molar-refractivity contribution in [3.8, 4) is 0 Å². The average Bonchev–Trinajstić information content (AvgIpc) is 1.21. The van der Waals surface area contributed by atoms with Crippen LogP contribution >= 0.6 is 0 Å². The maximum atomic E-state index is 10.0. The van der Waals surface area contributed by atoms with Crippen LogP contribution in [0.1, 0.15) is 0 Å². The van der Waals surface area contributed by atoms with Crippen molar-refractivity contribution in [1.29, 1.82) is 0 Å². The molecule has 0 spiro atoms. The van der Waals surface area contributed by atoms with Gasteiger partial charge in [0.1, 0.15) is 0 Å². The Balaban J connectivity index is 3.75. The van der Waals surface area contributed by atoms with E-state index >= 15 is 0 Å². The summed E-state index contributed by atoms with van der Waals surface area (Å²) in [4.78, 5) is 0. The van der Waals surface area contributed by atoms with Crippen LogP contribution in [-0.2, 0) is 14.3 Å². The third-order valence-electron chi connectivity index (χ3n) is 0.286. The van der Waals surface area contributed by atoms with Gasteiger partial charge in [0.05, 0.1) is 6.26 Å². The first-order valence-corrected chi connectivity index (χ1v) is 3.63. The first kappa shape index (κ1) is 7.87. The fourth-order valence-electron chi connectivity index (χ4n) is 0.202. The van der Waals surface area contributed by atoms with Gasteiger partial charge in [0, 0.05) is 6.92 Å². The molecule has 0 aliphatic heterocycles. The predicted octanol–water partition coefficient (Wildman–Crippen LogP) is -0.885. The third-order valence-corrected chi connectivity index (χ3v) is 0.858. The van der Waals surface area contributed by atoms with Crippen LogP contribution in [0.2, 0.25) is 0 Å². The molecule has 0 aliphatic rings. The van der Waals surface area contributed by atoms with Crippen LogP contribution in [0.15, 0.2) is 0 Å². The second-order valence-corrected chi connectivity index (χ2v) is 2.86. The van der Waals surface area contributed by atoms with Gasteiger partial charge in [-0.05, 0) is 0 Å². The largest absolute Gasteiger partial charge is 0.367 e. The van der Waals surface area contributed by atoms with Gasteiger partial charge in [-0.2, -0.15) is 8.42 Å². The van der Waals surface area contributed by atoms with Gasteiger partial charge in [-0.1, -0.05) is 0 Å². The molecule has 1 unspecified atom stereocenters. The number of rotatable bonds is 2. The smallest absolute Gasteiger partial charge is 0.266 e. The van der Waals surface area contributed by atoms with E-state index in [1.807, 2.05) is 0 Å². The Bertz CT molecular complexity index is 145. The maximum absolute atomic E-state index is 10.0. The van der Waals surface area contributed by atoms with Gasteiger partial charge >= 0.3 is 0 Å². The first-order valence-electron chi connectivity index (χ1n) is 1.81. The maximum Gasteiger partial charge on any atom is 0.266 e. The summed E-state index contributed by atoms with van der Waals surface area (Å²) in [5.74, 6) is 0. The topological polar surface area (TPSA) is 63.6 Å². The van der Waals surface area contributed by atoms with Crippen LogP contribution in [0, 0.1) is 6.92 Å². The molecule has 0 bridgehead atoms. The molecule has 49 valence electrons. The molecule has 0 saturated heterocycles. The summed E-state index contributed by atoms with van der Waals surface area (Å²) in [6.45, 7) is 2.88. The lowest BCUT2D eigenvalue weighted by molar-refractivity contribution is 0.0290. The summed E-state index contributed by atoms with van der Waals surface area (Å²) in [5.41, 5.74) is 0. The van der Waals surface area contributed by atoms with Crippen LogP contribution < -0.4 is 0 Å².